The molecule has 0 saturated carbocycles. The van der Waals surface area contributed by atoms with Crippen molar-refractivity contribution in [1.29, 1.82) is 0 Å². The summed E-state index contributed by atoms with van der Waals surface area (Å²) in [6, 6.07) is 6.54. The number of likely N-dealkylation sites (N-methyl/N-ethyl adjacent to an activating group) is 1. The fourth-order valence-electron chi connectivity index (χ4n) is 1.71. The van der Waals surface area contributed by atoms with E-state index in [2.05, 4.69) is 12.2 Å². The molecule has 0 bridgehead atoms. The lowest BCUT2D eigenvalue weighted by Gasteiger charge is -2.18. The number of hydrogen-bond acceptors (Lipinski definition) is 2. The van der Waals surface area contributed by atoms with Crippen molar-refractivity contribution in [3.8, 4) is 0 Å². The minimum absolute atomic E-state index is 0.0115. The molecule has 0 aliphatic rings. The fourth-order valence-corrected chi connectivity index (χ4v) is 1.71. The fraction of sp³-hybridized carbons (Fsp3) is 0.571. The van der Waals surface area contributed by atoms with E-state index < -0.39 is 0 Å². The number of hydrogen-bond donors (Lipinski definition) is 1. The third-order valence-corrected chi connectivity index (χ3v) is 2.70. The molecule has 1 N–H and O–H groups in total. The summed E-state index contributed by atoms with van der Waals surface area (Å²) in [6.07, 6.45) is 3.47. The molecule has 1 unspecified atom stereocenters. The van der Waals surface area contributed by atoms with Gasteiger partial charge in [0.2, 0.25) is 0 Å². The highest BCUT2D eigenvalue weighted by Gasteiger charge is 2.10. The van der Waals surface area contributed by atoms with Gasteiger partial charge in [-0.1, -0.05) is 31.9 Å². The smallest absolute Gasteiger partial charge is 0.123 e. The van der Waals surface area contributed by atoms with E-state index in [0.717, 1.165) is 25.1 Å². The highest BCUT2D eigenvalue weighted by Crippen LogP contribution is 2.17. The highest BCUT2D eigenvalue weighted by molar-refractivity contribution is 5.19. The second-order valence-corrected chi connectivity index (χ2v) is 4.18. The first-order valence-corrected chi connectivity index (χ1v) is 6.29. The van der Waals surface area contributed by atoms with Crippen molar-refractivity contribution in [3.63, 3.8) is 0 Å². The van der Waals surface area contributed by atoms with E-state index in [9.17, 15) is 4.39 Å². The summed E-state index contributed by atoms with van der Waals surface area (Å²) in [6.45, 7) is 3.68. The molecule has 0 fully saturated rings. The Morgan fingerprint density at radius 1 is 1.24 bits per heavy atom. The number of rotatable bonds is 8. The van der Waals surface area contributed by atoms with E-state index in [1.165, 1.54) is 25.0 Å². The summed E-state index contributed by atoms with van der Waals surface area (Å²) in [5, 5.41) is 3.10. The molecule has 0 amide bonds. The predicted molar refractivity (Wildman–Crippen MR) is 68.5 cm³/mol. The first-order valence-electron chi connectivity index (χ1n) is 6.29. The molecule has 1 atom stereocenters. The molecule has 0 aromatic heterocycles. The second kappa shape index (κ2) is 8.20. The Bertz CT molecular complexity index is 300. The molecule has 17 heavy (non-hydrogen) atoms. The maximum Gasteiger partial charge on any atom is 0.123 e. The molecule has 3 heteroatoms. The number of benzene rings is 1. The van der Waals surface area contributed by atoms with Gasteiger partial charge in [-0.25, -0.2) is 4.39 Å². The summed E-state index contributed by atoms with van der Waals surface area (Å²) < 4.78 is 18.7. The molecule has 1 rings (SSSR count). The summed E-state index contributed by atoms with van der Waals surface area (Å²) in [5.41, 5.74) is 1.03. The van der Waals surface area contributed by atoms with Gasteiger partial charge in [0.1, 0.15) is 5.82 Å². The first kappa shape index (κ1) is 14.1. The molecule has 96 valence electrons. The van der Waals surface area contributed by atoms with Crippen LogP contribution in [0.3, 0.4) is 0 Å². The van der Waals surface area contributed by atoms with Crippen LogP contribution in [0.25, 0.3) is 0 Å². The normalized spacial score (nSPS) is 12.6. The molecule has 0 spiro atoms. The third kappa shape index (κ3) is 5.29. The van der Waals surface area contributed by atoms with Gasteiger partial charge in [-0.15, -0.1) is 0 Å². The Kier molecular flexibility index (Phi) is 6.82. The highest BCUT2D eigenvalue weighted by atomic mass is 19.1. The van der Waals surface area contributed by atoms with Crippen molar-refractivity contribution in [2.24, 2.45) is 0 Å². The molecular formula is C14H22FNO. The van der Waals surface area contributed by atoms with E-state index in [4.69, 9.17) is 4.74 Å². The lowest BCUT2D eigenvalue weighted by molar-refractivity contribution is 0.0513. The SMILES string of the molecule is CCCCCOC(CNC)c1ccc(F)cc1. The predicted octanol–water partition coefficient (Wildman–Crippen LogP) is 3.29. The maximum atomic E-state index is 12.8. The van der Waals surface area contributed by atoms with Crippen molar-refractivity contribution in [1.82, 2.24) is 5.32 Å². The van der Waals surface area contributed by atoms with E-state index >= 15 is 0 Å². The molecular weight excluding hydrogens is 217 g/mol. The monoisotopic (exact) mass is 239 g/mol. The van der Waals surface area contributed by atoms with Crippen molar-refractivity contribution >= 4 is 0 Å². The lowest BCUT2D eigenvalue weighted by atomic mass is 10.1. The number of nitrogens with one attached hydrogen (secondary N) is 1. The number of unbranched alkanes of at least 4 members (excludes halogenated alkanes) is 2. The van der Waals surface area contributed by atoms with Gasteiger partial charge in [0.25, 0.3) is 0 Å². The third-order valence-electron chi connectivity index (χ3n) is 2.70. The summed E-state index contributed by atoms with van der Waals surface area (Å²) in [7, 11) is 1.89. The Morgan fingerprint density at radius 2 is 1.94 bits per heavy atom. The van der Waals surface area contributed by atoms with Gasteiger partial charge in [-0.05, 0) is 31.2 Å². The van der Waals surface area contributed by atoms with Gasteiger partial charge in [0.05, 0.1) is 6.10 Å². The summed E-state index contributed by atoms with van der Waals surface area (Å²) >= 11 is 0. The topological polar surface area (TPSA) is 21.3 Å². The van der Waals surface area contributed by atoms with Crippen molar-refractivity contribution < 1.29 is 9.13 Å². The number of ether oxygens (including phenoxy) is 1. The zero-order valence-corrected chi connectivity index (χ0v) is 10.7. The minimum Gasteiger partial charge on any atom is -0.372 e. The van der Waals surface area contributed by atoms with E-state index in [1.54, 1.807) is 12.1 Å². The van der Waals surface area contributed by atoms with Gasteiger partial charge >= 0.3 is 0 Å². The van der Waals surface area contributed by atoms with Crippen molar-refractivity contribution in [3.05, 3.63) is 35.6 Å². The zero-order valence-electron chi connectivity index (χ0n) is 10.7. The molecule has 0 aliphatic carbocycles. The average Bonchev–Trinajstić information content (AvgIpc) is 2.34. The largest absolute Gasteiger partial charge is 0.372 e. The van der Waals surface area contributed by atoms with E-state index in [-0.39, 0.29) is 11.9 Å². The van der Waals surface area contributed by atoms with Crippen LogP contribution >= 0.6 is 0 Å². The van der Waals surface area contributed by atoms with Crippen molar-refractivity contribution in [2.45, 2.75) is 32.3 Å². The Morgan fingerprint density at radius 3 is 2.53 bits per heavy atom. The van der Waals surface area contributed by atoms with Gasteiger partial charge in [-0.3, -0.25) is 0 Å². The van der Waals surface area contributed by atoms with Crippen LogP contribution < -0.4 is 5.32 Å². The zero-order chi connectivity index (χ0) is 12.5. The van der Waals surface area contributed by atoms with Crippen molar-refractivity contribution in [2.75, 3.05) is 20.2 Å². The molecule has 0 radical (unpaired) electrons. The van der Waals surface area contributed by atoms with Crippen LogP contribution in [0.1, 0.15) is 37.9 Å². The Labute approximate surface area is 103 Å². The van der Waals surface area contributed by atoms with Crippen LogP contribution in [-0.2, 0) is 4.74 Å². The van der Waals surface area contributed by atoms with Crippen LogP contribution in [0, 0.1) is 5.82 Å². The standard InChI is InChI=1S/C14H22FNO/c1-3-4-5-10-17-14(11-16-2)12-6-8-13(15)9-7-12/h6-9,14,16H,3-5,10-11H2,1-2H3. The van der Waals surface area contributed by atoms with Gasteiger partial charge < -0.3 is 10.1 Å². The summed E-state index contributed by atoms with van der Waals surface area (Å²) in [4.78, 5) is 0. The van der Waals surface area contributed by atoms with Crippen LogP contribution in [0.2, 0.25) is 0 Å². The minimum atomic E-state index is -0.206. The molecule has 1 aromatic rings. The maximum absolute atomic E-state index is 12.8. The Hall–Kier alpha value is -0.930. The van der Waals surface area contributed by atoms with Crippen LogP contribution in [0.15, 0.2) is 24.3 Å². The van der Waals surface area contributed by atoms with Gasteiger partial charge in [-0.2, -0.15) is 0 Å². The second-order valence-electron chi connectivity index (χ2n) is 4.18. The molecule has 1 aromatic carbocycles. The van der Waals surface area contributed by atoms with E-state index in [1.807, 2.05) is 7.05 Å². The molecule has 0 heterocycles. The van der Waals surface area contributed by atoms with Crippen LogP contribution in [0.5, 0.6) is 0 Å². The van der Waals surface area contributed by atoms with Crippen LogP contribution in [0.4, 0.5) is 4.39 Å². The quantitative estimate of drug-likeness (QED) is 0.703. The first-order chi connectivity index (χ1) is 8.27. The molecule has 0 saturated heterocycles. The average molecular weight is 239 g/mol. The molecule has 2 nitrogen and oxygen atoms in total. The summed E-state index contributed by atoms with van der Waals surface area (Å²) in [5.74, 6) is -0.206. The van der Waals surface area contributed by atoms with Gasteiger partial charge in [0.15, 0.2) is 0 Å². The lowest BCUT2D eigenvalue weighted by Crippen LogP contribution is -2.20. The molecule has 0 aliphatic heterocycles. The van der Waals surface area contributed by atoms with E-state index in [0.29, 0.717) is 0 Å². The van der Waals surface area contributed by atoms with Gasteiger partial charge in [0, 0.05) is 13.2 Å². The number of halogens is 1. The Balaban J connectivity index is 2.49. The van der Waals surface area contributed by atoms with Crippen LogP contribution in [-0.4, -0.2) is 20.2 Å².